The zero-order valence-corrected chi connectivity index (χ0v) is 11.3. The van der Waals surface area contributed by atoms with E-state index in [1.54, 1.807) is 7.11 Å². The van der Waals surface area contributed by atoms with Gasteiger partial charge in [-0.1, -0.05) is 12.1 Å². The van der Waals surface area contributed by atoms with Crippen molar-refractivity contribution in [2.45, 2.75) is 12.3 Å². The fourth-order valence-corrected chi connectivity index (χ4v) is 2.83. The molecule has 0 bridgehead atoms. The second-order valence-electron chi connectivity index (χ2n) is 5.30. The number of amides is 1. The molecule has 1 aromatic rings. The lowest BCUT2D eigenvalue weighted by Crippen LogP contribution is -2.47. The van der Waals surface area contributed by atoms with Crippen molar-refractivity contribution in [3.8, 4) is 5.75 Å². The Kier molecular flexibility index (Phi) is 3.42. The molecule has 1 heterocycles. The molecule has 1 saturated carbocycles. The summed E-state index contributed by atoms with van der Waals surface area (Å²) in [5.41, 5.74) is 1.23. The second kappa shape index (κ2) is 5.21. The molecule has 0 radical (unpaired) electrons. The number of piperazine rings is 1. The zero-order valence-electron chi connectivity index (χ0n) is 11.3. The van der Waals surface area contributed by atoms with Gasteiger partial charge >= 0.3 is 0 Å². The minimum Gasteiger partial charge on any atom is -0.497 e. The molecular weight excluding hydrogens is 240 g/mol. The van der Waals surface area contributed by atoms with E-state index in [2.05, 4.69) is 17.4 Å². The van der Waals surface area contributed by atoms with E-state index in [9.17, 15) is 4.79 Å². The molecule has 2 fully saturated rings. The number of ether oxygens (including phenoxy) is 1. The molecular formula is C15H20N2O2. The molecule has 1 saturated heterocycles. The van der Waals surface area contributed by atoms with Crippen LogP contribution in [0.2, 0.25) is 0 Å². The Morgan fingerprint density at radius 2 is 2.16 bits per heavy atom. The lowest BCUT2D eigenvalue weighted by atomic mass is 10.1. The Balaban J connectivity index is 1.64. The number of hydrogen-bond donors (Lipinski definition) is 1. The summed E-state index contributed by atoms with van der Waals surface area (Å²) in [5, 5.41) is 3.28. The van der Waals surface area contributed by atoms with Crippen LogP contribution in [0.3, 0.4) is 0 Å². The van der Waals surface area contributed by atoms with Gasteiger partial charge in [0.1, 0.15) is 5.75 Å². The van der Waals surface area contributed by atoms with Crippen LogP contribution in [-0.4, -0.2) is 44.1 Å². The molecule has 1 amide bonds. The Morgan fingerprint density at radius 3 is 2.89 bits per heavy atom. The fourth-order valence-electron chi connectivity index (χ4n) is 2.83. The van der Waals surface area contributed by atoms with Gasteiger partial charge in [-0.2, -0.15) is 0 Å². The Morgan fingerprint density at radius 1 is 1.37 bits per heavy atom. The predicted molar refractivity (Wildman–Crippen MR) is 73.3 cm³/mol. The van der Waals surface area contributed by atoms with Crippen molar-refractivity contribution in [3.05, 3.63) is 29.8 Å². The number of carbonyl (C=O) groups is 1. The maximum absolute atomic E-state index is 12.4. The molecule has 4 nitrogen and oxygen atoms in total. The lowest BCUT2D eigenvalue weighted by molar-refractivity contribution is -0.133. The van der Waals surface area contributed by atoms with Crippen LogP contribution in [0.4, 0.5) is 0 Å². The van der Waals surface area contributed by atoms with Crippen LogP contribution in [-0.2, 0) is 4.79 Å². The van der Waals surface area contributed by atoms with Crippen molar-refractivity contribution >= 4 is 5.91 Å². The van der Waals surface area contributed by atoms with Crippen molar-refractivity contribution in [2.24, 2.45) is 5.92 Å². The number of rotatable bonds is 3. The highest BCUT2D eigenvalue weighted by Crippen LogP contribution is 2.49. The molecule has 0 spiro atoms. The third-order valence-electron chi connectivity index (χ3n) is 4.06. The Labute approximate surface area is 113 Å². The first-order chi connectivity index (χ1) is 9.29. The highest BCUT2D eigenvalue weighted by molar-refractivity contribution is 5.83. The summed E-state index contributed by atoms with van der Waals surface area (Å²) in [6, 6.07) is 8.09. The maximum Gasteiger partial charge on any atom is 0.226 e. The largest absolute Gasteiger partial charge is 0.497 e. The van der Waals surface area contributed by atoms with E-state index >= 15 is 0 Å². The van der Waals surface area contributed by atoms with Crippen LogP contribution >= 0.6 is 0 Å². The van der Waals surface area contributed by atoms with Crippen LogP contribution in [0.5, 0.6) is 5.75 Å². The van der Waals surface area contributed by atoms with Crippen LogP contribution < -0.4 is 10.1 Å². The number of methoxy groups -OCH3 is 1. The zero-order chi connectivity index (χ0) is 13.2. The van der Waals surface area contributed by atoms with Gasteiger partial charge in [0.2, 0.25) is 5.91 Å². The molecule has 1 aliphatic heterocycles. The molecule has 2 atom stereocenters. The van der Waals surface area contributed by atoms with E-state index < -0.39 is 0 Å². The van der Waals surface area contributed by atoms with Crippen LogP contribution in [0.1, 0.15) is 17.9 Å². The third-order valence-corrected chi connectivity index (χ3v) is 4.06. The number of nitrogens with one attached hydrogen (secondary N) is 1. The van der Waals surface area contributed by atoms with Crippen molar-refractivity contribution < 1.29 is 9.53 Å². The van der Waals surface area contributed by atoms with E-state index in [0.717, 1.165) is 38.3 Å². The Bertz CT molecular complexity index is 469. The van der Waals surface area contributed by atoms with Gasteiger partial charge in [0, 0.05) is 32.1 Å². The number of benzene rings is 1. The molecule has 4 heteroatoms. The molecule has 19 heavy (non-hydrogen) atoms. The molecule has 102 valence electrons. The van der Waals surface area contributed by atoms with Crippen molar-refractivity contribution in [3.63, 3.8) is 0 Å². The third kappa shape index (κ3) is 2.59. The topological polar surface area (TPSA) is 41.6 Å². The van der Waals surface area contributed by atoms with E-state index in [1.165, 1.54) is 5.56 Å². The quantitative estimate of drug-likeness (QED) is 0.889. The summed E-state index contributed by atoms with van der Waals surface area (Å²) in [4.78, 5) is 14.4. The number of carbonyl (C=O) groups excluding carboxylic acids is 1. The smallest absolute Gasteiger partial charge is 0.226 e. The first-order valence-corrected chi connectivity index (χ1v) is 6.93. The van der Waals surface area contributed by atoms with Gasteiger partial charge in [-0.15, -0.1) is 0 Å². The van der Waals surface area contributed by atoms with E-state index in [1.807, 2.05) is 17.0 Å². The summed E-state index contributed by atoms with van der Waals surface area (Å²) in [5.74, 6) is 1.77. The monoisotopic (exact) mass is 260 g/mol. The summed E-state index contributed by atoms with van der Waals surface area (Å²) >= 11 is 0. The predicted octanol–water partition coefficient (Wildman–Crippen LogP) is 1.23. The van der Waals surface area contributed by atoms with Crippen LogP contribution in [0.15, 0.2) is 24.3 Å². The van der Waals surface area contributed by atoms with E-state index in [0.29, 0.717) is 11.8 Å². The summed E-state index contributed by atoms with van der Waals surface area (Å²) < 4.78 is 5.24. The minimum absolute atomic E-state index is 0.185. The highest BCUT2D eigenvalue weighted by atomic mass is 16.5. The minimum atomic E-state index is 0.185. The van der Waals surface area contributed by atoms with E-state index in [-0.39, 0.29) is 5.92 Å². The molecule has 1 aromatic carbocycles. The molecule has 0 aromatic heterocycles. The maximum atomic E-state index is 12.4. The van der Waals surface area contributed by atoms with Gasteiger partial charge in [0.05, 0.1) is 7.11 Å². The molecule has 1 N–H and O–H groups in total. The van der Waals surface area contributed by atoms with Gasteiger partial charge in [-0.3, -0.25) is 4.79 Å². The van der Waals surface area contributed by atoms with Gasteiger partial charge in [-0.25, -0.2) is 0 Å². The van der Waals surface area contributed by atoms with Gasteiger partial charge in [-0.05, 0) is 30.0 Å². The average Bonchev–Trinajstić information content (AvgIpc) is 3.28. The average molecular weight is 260 g/mol. The first-order valence-electron chi connectivity index (χ1n) is 6.93. The normalized spacial score (nSPS) is 26.1. The fraction of sp³-hybridized carbons (Fsp3) is 0.533. The van der Waals surface area contributed by atoms with Crippen molar-refractivity contribution in [1.82, 2.24) is 10.2 Å². The lowest BCUT2D eigenvalue weighted by Gasteiger charge is -2.27. The molecule has 2 aliphatic rings. The Hall–Kier alpha value is -1.55. The standard InChI is InChI=1S/C15H20N2O2/c1-19-12-4-2-3-11(9-12)13-10-14(13)15(18)17-7-5-16-6-8-17/h2-4,9,13-14,16H,5-8,10H2,1H3/t13-,14+/m0/s1. The second-order valence-corrected chi connectivity index (χ2v) is 5.30. The molecule has 3 rings (SSSR count). The molecule has 0 unspecified atom stereocenters. The van der Waals surface area contributed by atoms with Gasteiger partial charge in [0.25, 0.3) is 0 Å². The van der Waals surface area contributed by atoms with Gasteiger partial charge in [0.15, 0.2) is 0 Å². The van der Waals surface area contributed by atoms with Crippen molar-refractivity contribution in [2.75, 3.05) is 33.3 Å². The summed E-state index contributed by atoms with van der Waals surface area (Å²) in [6.45, 7) is 3.53. The molecule has 1 aliphatic carbocycles. The van der Waals surface area contributed by atoms with E-state index in [4.69, 9.17) is 4.74 Å². The summed E-state index contributed by atoms with van der Waals surface area (Å²) in [7, 11) is 1.68. The highest BCUT2D eigenvalue weighted by Gasteiger charge is 2.45. The number of hydrogen-bond acceptors (Lipinski definition) is 3. The first kappa shape index (κ1) is 12.5. The summed E-state index contributed by atoms with van der Waals surface area (Å²) in [6.07, 6.45) is 0.982. The van der Waals surface area contributed by atoms with Crippen LogP contribution in [0, 0.1) is 5.92 Å². The SMILES string of the molecule is COc1cccc([C@@H]2C[C@H]2C(=O)N2CCNCC2)c1. The van der Waals surface area contributed by atoms with Crippen molar-refractivity contribution in [1.29, 1.82) is 0 Å². The van der Waals surface area contributed by atoms with Gasteiger partial charge < -0.3 is 15.0 Å². The van der Waals surface area contributed by atoms with Crippen LogP contribution in [0.25, 0.3) is 0 Å². The number of nitrogens with zero attached hydrogens (tertiary/aromatic N) is 1.